The predicted molar refractivity (Wildman–Crippen MR) is 95.6 cm³/mol. The predicted octanol–water partition coefficient (Wildman–Crippen LogP) is 5.16. The molecule has 2 aliphatic carbocycles. The first-order valence-electron chi connectivity index (χ1n) is 9.10. The molecule has 1 heterocycles. The average Bonchev–Trinajstić information content (AvgIpc) is 2.60. The van der Waals surface area contributed by atoms with E-state index in [0.29, 0.717) is 0 Å². The van der Waals surface area contributed by atoms with Gasteiger partial charge in [-0.25, -0.2) is 4.98 Å². The highest BCUT2D eigenvalue weighted by Crippen LogP contribution is 2.39. The van der Waals surface area contributed by atoms with E-state index >= 15 is 0 Å². The summed E-state index contributed by atoms with van der Waals surface area (Å²) in [4.78, 5) is 4.96. The highest BCUT2D eigenvalue weighted by molar-refractivity contribution is 5.42. The van der Waals surface area contributed by atoms with Crippen molar-refractivity contribution in [2.24, 2.45) is 11.8 Å². The van der Waals surface area contributed by atoms with Crippen molar-refractivity contribution in [3.63, 3.8) is 0 Å². The summed E-state index contributed by atoms with van der Waals surface area (Å²) < 4.78 is 0. The van der Waals surface area contributed by atoms with Gasteiger partial charge in [0.15, 0.2) is 0 Å². The lowest BCUT2D eigenvalue weighted by Gasteiger charge is -2.36. The number of aromatic nitrogens is 1. The molecule has 23 heavy (non-hydrogen) atoms. The van der Waals surface area contributed by atoms with Gasteiger partial charge in [-0.3, -0.25) is 0 Å². The molecular formula is C21H26N2. The van der Waals surface area contributed by atoms with Gasteiger partial charge in [-0.05, 0) is 61.6 Å². The summed E-state index contributed by atoms with van der Waals surface area (Å²) >= 11 is 0. The molecule has 1 aromatic heterocycles. The maximum absolute atomic E-state index is 4.96. The first kappa shape index (κ1) is 14.7. The summed E-state index contributed by atoms with van der Waals surface area (Å²) in [5, 5.41) is 3.57. The second-order valence-electron chi connectivity index (χ2n) is 7.29. The first-order chi connectivity index (χ1) is 11.3. The summed E-state index contributed by atoms with van der Waals surface area (Å²) in [5.74, 6) is 2.82. The van der Waals surface area contributed by atoms with Crippen LogP contribution in [0.3, 0.4) is 0 Å². The lowest BCUT2D eigenvalue weighted by atomic mass is 9.70. The third-order valence-corrected chi connectivity index (χ3v) is 5.74. The van der Waals surface area contributed by atoms with E-state index in [2.05, 4.69) is 54.7 Å². The second-order valence-corrected chi connectivity index (χ2v) is 7.29. The van der Waals surface area contributed by atoms with Crippen LogP contribution in [0.25, 0.3) is 0 Å². The number of benzene rings is 1. The van der Waals surface area contributed by atoms with Crippen LogP contribution in [-0.4, -0.2) is 4.98 Å². The number of hydrogen-bond donors (Lipinski definition) is 1. The minimum Gasteiger partial charge on any atom is -0.364 e. The van der Waals surface area contributed by atoms with Crippen LogP contribution in [-0.2, 0) is 12.8 Å². The molecule has 2 nitrogen and oxygen atoms in total. The molecule has 1 saturated carbocycles. The summed E-state index contributed by atoms with van der Waals surface area (Å²) in [7, 11) is 0. The Morgan fingerprint density at radius 1 is 0.957 bits per heavy atom. The molecule has 0 amide bonds. The molecule has 2 heteroatoms. The minimum atomic E-state index is 0.285. The standard InChI is InChI=1S/C21H26N2/c1-15(16-7-3-2-4-8-16)22-21-12-11-19-13-17-9-5-6-10-18(17)14-20(19)23-21/h2-4,7-8,11-12,15,17-18H,5-6,9-10,13-14H2,1H3,(H,22,23). The Labute approximate surface area is 139 Å². The summed E-state index contributed by atoms with van der Waals surface area (Å²) in [6, 6.07) is 15.4. The fourth-order valence-electron chi connectivity index (χ4n) is 4.37. The fourth-order valence-corrected chi connectivity index (χ4v) is 4.37. The number of nitrogens with zero attached hydrogens (tertiary/aromatic N) is 1. The van der Waals surface area contributed by atoms with Crippen molar-refractivity contribution < 1.29 is 0 Å². The van der Waals surface area contributed by atoms with E-state index in [9.17, 15) is 0 Å². The monoisotopic (exact) mass is 306 g/mol. The fraction of sp³-hybridized carbons (Fsp3) is 0.476. The van der Waals surface area contributed by atoms with Crippen molar-refractivity contribution in [3.05, 3.63) is 59.3 Å². The third-order valence-electron chi connectivity index (χ3n) is 5.74. The van der Waals surface area contributed by atoms with Gasteiger partial charge < -0.3 is 5.32 Å². The van der Waals surface area contributed by atoms with Crippen molar-refractivity contribution >= 4 is 5.82 Å². The summed E-state index contributed by atoms with van der Waals surface area (Å²) in [6.45, 7) is 2.20. The van der Waals surface area contributed by atoms with E-state index < -0.39 is 0 Å². The van der Waals surface area contributed by atoms with Gasteiger partial charge in [0.05, 0.1) is 0 Å². The lowest BCUT2D eigenvalue weighted by molar-refractivity contribution is 0.218. The third kappa shape index (κ3) is 3.12. The SMILES string of the molecule is CC(Nc1ccc2c(n1)CC1CCCCC1C2)c1ccccc1. The van der Waals surface area contributed by atoms with Crippen LogP contribution in [0.4, 0.5) is 5.82 Å². The molecule has 1 aromatic carbocycles. The van der Waals surface area contributed by atoms with E-state index in [-0.39, 0.29) is 6.04 Å². The molecule has 0 saturated heterocycles. The topological polar surface area (TPSA) is 24.9 Å². The van der Waals surface area contributed by atoms with Crippen molar-refractivity contribution in [1.82, 2.24) is 4.98 Å². The lowest BCUT2D eigenvalue weighted by Crippen LogP contribution is -2.29. The zero-order valence-electron chi connectivity index (χ0n) is 14.0. The van der Waals surface area contributed by atoms with Gasteiger partial charge in [-0.15, -0.1) is 0 Å². The minimum absolute atomic E-state index is 0.285. The Morgan fingerprint density at radius 3 is 2.48 bits per heavy atom. The maximum Gasteiger partial charge on any atom is 0.126 e. The number of nitrogens with one attached hydrogen (secondary N) is 1. The van der Waals surface area contributed by atoms with Crippen LogP contribution >= 0.6 is 0 Å². The van der Waals surface area contributed by atoms with E-state index in [4.69, 9.17) is 4.98 Å². The molecular weight excluding hydrogens is 280 g/mol. The zero-order chi connectivity index (χ0) is 15.6. The largest absolute Gasteiger partial charge is 0.364 e. The molecule has 1 N–H and O–H groups in total. The van der Waals surface area contributed by atoms with E-state index in [1.165, 1.54) is 55.3 Å². The molecule has 2 aliphatic rings. The van der Waals surface area contributed by atoms with Crippen LogP contribution in [0, 0.1) is 11.8 Å². The highest BCUT2D eigenvalue weighted by Gasteiger charge is 2.31. The Balaban J connectivity index is 1.51. The number of pyridine rings is 1. The zero-order valence-corrected chi connectivity index (χ0v) is 14.0. The Bertz CT molecular complexity index is 665. The van der Waals surface area contributed by atoms with Gasteiger partial charge in [0.2, 0.25) is 0 Å². The normalized spacial score (nSPS) is 24.4. The molecule has 0 aliphatic heterocycles. The number of rotatable bonds is 3. The van der Waals surface area contributed by atoms with Crippen molar-refractivity contribution in [2.75, 3.05) is 5.32 Å². The molecule has 0 spiro atoms. The van der Waals surface area contributed by atoms with Crippen molar-refractivity contribution in [3.8, 4) is 0 Å². The van der Waals surface area contributed by atoms with Crippen LogP contribution in [0.1, 0.15) is 55.5 Å². The maximum atomic E-state index is 4.96. The molecule has 1 fully saturated rings. The van der Waals surface area contributed by atoms with Crippen molar-refractivity contribution in [2.45, 2.75) is 51.5 Å². The van der Waals surface area contributed by atoms with Crippen LogP contribution < -0.4 is 5.32 Å². The van der Waals surface area contributed by atoms with E-state index in [1.54, 1.807) is 0 Å². The Hall–Kier alpha value is -1.83. The average molecular weight is 306 g/mol. The van der Waals surface area contributed by atoms with Gasteiger partial charge in [0.1, 0.15) is 5.82 Å². The van der Waals surface area contributed by atoms with Gasteiger partial charge in [0.25, 0.3) is 0 Å². The van der Waals surface area contributed by atoms with Gasteiger partial charge >= 0.3 is 0 Å². The van der Waals surface area contributed by atoms with Gasteiger partial charge in [-0.2, -0.15) is 0 Å². The molecule has 2 aromatic rings. The molecule has 0 bridgehead atoms. The highest BCUT2D eigenvalue weighted by atomic mass is 15.0. The number of fused-ring (bicyclic) bond motifs is 2. The summed E-state index contributed by atoms with van der Waals surface area (Å²) in [5.41, 5.74) is 4.14. The number of anilines is 1. The molecule has 4 rings (SSSR count). The quantitative estimate of drug-likeness (QED) is 0.847. The van der Waals surface area contributed by atoms with Crippen LogP contribution in [0.15, 0.2) is 42.5 Å². The molecule has 120 valence electrons. The van der Waals surface area contributed by atoms with E-state index in [0.717, 1.165) is 17.7 Å². The van der Waals surface area contributed by atoms with E-state index in [1.807, 2.05) is 0 Å². The van der Waals surface area contributed by atoms with Crippen LogP contribution in [0.2, 0.25) is 0 Å². The van der Waals surface area contributed by atoms with Crippen LogP contribution in [0.5, 0.6) is 0 Å². The first-order valence-corrected chi connectivity index (χ1v) is 9.10. The Morgan fingerprint density at radius 2 is 1.70 bits per heavy atom. The number of hydrogen-bond acceptors (Lipinski definition) is 2. The smallest absolute Gasteiger partial charge is 0.126 e. The Kier molecular flexibility index (Phi) is 4.07. The molecule has 3 unspecified atom stereocenters. The molecule has 0 radical (unpaired) electrons. The molecule has 3 atom stereocenters. The second kappa shape index (κ2) is 6.35. The van der Waals surface area contributed by atoms with Gasteiger partial charge in [0, 0.05) is 11.7 Å². The summed E-state index contributed by atoms with van der Waals surface area (Å²) in [6.07, 6.45) is 8.12. The van der Waals surface area contributed by atoms with Crippen molar-refractivity contribution in [1.29, 1.82) is 0 Å². The van der Waals surface area contributed by atoms with Gasteiger partial charge in [-0.1, -0.05) is 49.2 Å².